The molecule has 0 spiro atoms. The Morgan fingerprint density at radius 3 is 2.03 bits per heavy atom. The zero-order chi connectivity index (χ0) is 41.2. The molecule has 296 valence electrons. The Morgan fingerprint density at radius 2 is 1.23 bits per heavy atom. The second-order valence-electron chi connectivity index (χ2n) is 17.0. The summed E-state index contributed by atoms with van der Waals surface area (Å²) in [6.07, 6.45) is 14.7. The average Bonchev–Trinajstić information content (AvgIpc) is 3.81. The minimum absolute atomic E-state index is 0.287. The largest absolute Gasteiger partial charge is 0.330 e. The minimum Gasteiger partial charge on any atom is -0.330 e. The van der Waals surface area contributed by atoms with Crippen LogP contribution < -0.4 is 9.80 Å². The lowest BCUT2D eigenvalue weighted by Crippen LogP contribution is -2.40. The van der Waals surface area contributed by atoms with Crippen LogP contribution in [0.2, 0.25) is 0 Å². The van der Waals surface area contributed by atoms with Crippen LogP contribution in [0.3, 0.4) is 0 Å². The lowest BCUT2D eigenvalue weighted by molar-refractivity contribution is 0.607. The van der Waals surface area contributed by atoms with Crippen LogP contribution in [-0.2, 0) is 6.42 Å². The molecule has 1 aliphatic heterocycles. The third-order valence-electron chi connectivity index (χ3n) is 13.4. The van der Waals surface area contributed by atoms with Crippen LogP contribution in [0.5, 0.6) is 0 Å². The fourth-order valence-electron chi connectivity index (χ4n) is 10.6. The van der Waals surface area contributed by atoms with Crippen molar-refractivity contribution in [3.63, 3.8) is 0 Å². The number of hydrogen-bond donors (Lipinski definition) is 0. The van der Waals surface area contributed by atoms with Crippen LogP contribution in [0, 0.1) is 0 Å². The Bertz CT molecular complexity index is 3260. The molecule has 0 saturated heterocycles. The van der Waals surface area contributed by atoms with Gasteiger partial charge < -0.3 is 14.4 Å². The molecule has 0 saturated carbocycles. The molecule has 0 N–H and O–H groups in total. The first-order valence-electron chi connectivity index (χ1n) is 21.9. The van der Waals surface area contributed by atoms with E-state index in [9.17, 15) is 0 Å². The highest BCUT2D eigenvalue weighted by Crippen LogP contribution is 2.59. The first-order chi connectivity index (χ1) is 30.7. The molecule has 0 amide bonds. The summed E-state index contributed by atoms with van der Waals surface area (Å²) >= 11 is 0. The zero-order valence-electron chi connectivity index (χ0n) is 34.7. The third-order valence-corrected chi connectivity index (χ3v) is 13.4. The van der Waals surface area contributed by atoms with Gasteiger partial charge in [0.25, 0.3) is 0 Å². The maximum atomic E-state index is 2.66. The van der Waals surface area contributed by atoms with Gasteiger partial charge in [-0.2, -0.15) is 0 Å². The summed E-state index contributed by atoms with van der Waals surface area (Å²) in [5.74, 6) is 0. The van der Waals surface area contributed by atoms with Gasteiger partial charge >= 0.3 is 0 Å². The first kappa shape index (κ1) is 36.2. The van der Waals surface area contributed by atoms with Gasteiger partial charge in [-0.05, 0) is 120 Å². The van der Waals surface area contributed by atoms with Crippen molar-refractivity contribution in [2.45, 2.75) is 31.7 Å². The maximum absolute atomic E-state index is 2.66. The fourth-order valence-corrected chi connectivity index (χ4v) is 10.6. The van der Waals surface area contributed by atoms with E-state index in [0.717, 1.165) is 30.6 Å². The van der Waals surface area contributed by atoms with E-state index >= 15 is 0 Å². The number of nitrogens with zero attached hydrogens (tertiary/aromatic N) is 3. The summed E-state index contributed by atoms with van der Waals surface area (Å²) in [5, 5.41) is 2.51. The van der Waals surface area contributed by atoms with Crippen molar-refractivity contribution in [1.29, 1.82) is 0 Å². The molecule has 0 fully saturated rings. The number of anilines is 5. The summed E-state index contributed by atoms with van der Waals surface area (Å²) in [5.41, 5.74) is 19.6. The second kappa shape index (κ2) is 14.5. The van der Waals surface area contributed by atoms with E-state index in [1.807, 2.05) is 0 Å². The van der Waals surface area contributed by atoms with Crippen LogP contribution in [0.4, 0.5) is 28.4 Å². The number of benzene rings is 8. The van der Waals surface area contributed by atoms with Crippen molar-refractivity contribution >= 4 is 61.9 Å². The molecule has 1 aromatic heterocycles. The topological polar surface area (TPSA) is 11.4 Å². The van der Waals surface area contributed by atoms with Crippen molar-refractivity contribution in [1.82, 2.24) is 4.57 Å². The van der Waals surface area contributed by atoms with Crippen LogP contribution in [0.15, 0.2) is 212 Å². The monoisotopic (exact) mass is 795 g/mol. The van der Waals surface area contributed by atoms with Gasteiger partial charge in [-0.3, -0.25) is 0 Å². The predicted octanol–water partition coefficient (Wildman–Crippen LogP) is 15.8. The molecule has 3 heteroatoms. The molecule has 0 radical (unpaired) electrons. The van der Waals surface area contributed by atoms with Crippen molar-refractivity contribution in [3.8, 4) is 27.9 Å². The summed E-state index contributed by atoms with van der Waals surface area (Å²) in [6.45, 7) is 2.45. The maximum Gasteiger partial charge on any atom is 0.0715 e. The third kappa shape index (κ3) is 5.65. The Kier molecular flexibility index (Phi) is 8.50. The van der Waals surface area contributed by atoms with E-state index in [4.69, 9.17) is 0 Å². The highest BCUT2D eigenvalue weighted by molar-refractivity contribution is 6.11. The summed E-state index contributed by atoms with van der Waals surface area (Å²) in [6, 6.07) is 68.9. The van der Waals surface area contributed by atoms with E-state index in [1.165, 1.54) is 89.1 Å². The second-order valence-corrected chi connectivity index (χ2v) is 17.0. The summed E-state index contributed by atoms with van der Waals surface area (Å²) in [4.78, 5) is 5.21. The van der Waals surface area contributed by atoms with E-state index in [-0.39, 0.29) is 5.54 Å². The molecule has 9 aromatic rings. The highest BCUT2D eigenvalue weighted by Gasteiger charge is 2.47. The molecule has 3 aliphatic rings. The van der Waals surface area contributed by atoms with Crippen LogP contribution in [0.1, 0.15) is 36.5 Å². The lowest BCUT2D eigenvalue weighted by Gasteiger charge is -2.39. The van der Waals surface area contributed by atoms with Gasteiger partial charge in [0.2, 0.25) is 0 Å². The standard InChI is InChI=1S/C59H45N3/c1-59-38-18-17-29-52(59)58-50-28-12-11-26-48(50)56(40-57(58)62(59)46-36-37-55-51(39-46)49-27-14-16-31-54(49)60(55)44-23-9-4-10-24-44)61(45-34-32-42(33-35-45)41-19-5-2-6-20-41)53-30-15-13-25-47(53)43-21-7-3-8-22-43/h2-10,12-25,27-37,39-40H,11,26,38H2,1H3. The van der Waals surface area contributed by atoms with Gasteiger partial charge in [0.05, 0.1) is 33.6 Å². The molecule has 12 rings (SSSR count). The van der Waals surface area contributed by atoms with E-state index in [0.29, 0.717) is 0 Å². The van der Waals surface area contributed by atoms with Gasteiger partial charge in [-0.25, -0.2) is 0 Å². The first-order valence-corrected chi connectivity index (χ1v) is 21.9. The Balaban J connectivity index is 1.11. The summed E-state index contributed by atoms with van der Waals surface area (Å²) < 4.78 is 2.41. The fraction of sp³-hybridized carbons (Fsp3) is 0.0847. The SMILES string of the molecule is CC12CC=CC=C1c1c(cc(N(c3ccc(-c4ccccc4)cc3)c3ccccc3-c3ccccc3)c3c1C=CCC3)N2c1ccc2c(c1)c1ccccc1n2-c1ccccc1. The van der Waals surface area contributed by atoms with Crippen molar-refractivity contribution in [3.05, 3.63) is 229 Å². The smallest absolute Gasteiger partial charge is 0.0715 e. The Morgan fingerprint density at radius 1 is 0.548 bits per heavy atom. The van der Waals surface area contributed by atoms with Gasteiger partial charge in [-0.15, -0.1) is 0 Å². The minimum atomic E-state index is -0.287. The van der Waals surface area contributed by atoms with Gasteiger partial charge in [0.1, 0.15) is 0 Å². The number of hydrogen-bond acceptors (Lipinski definition) is 2. The van der Waals surface area contributed by atoms with Crippen molar-refractivity contribution in [2.75, 3.05) is 9.80 Å². The van der Waals surface area contributed by atoms with E-state index in [2.05, 4.69) is 240 Å². The average molecular weight is 796 g/mol. The lowest BCUT2D eigenvalue weighted by atomic mass is 9.80. The molecular formula is C59H45N3. The zero-order valence-corrected chi connectivity index (χ0v) is 34.7. The normalized spacial score (nSPS) is 16.3. The van der Waals surface area contributed by atoms with E-state index < -0.39 is 0 Å². The molecule has 2 aliphatic carbocycles. The Hall–Kier alpha value is -7.62. The molecule has 3 nitrogen and oxygen atoms in total. The quantitative estimate of drug-likeness (QED) is 0.159. The number of fused-ring (bicyclic) bond motifs is 8. The van der Waals surface area contributed by atoms with Gasteiger partial charge in [0.15, 0.2) is 0 Å². The molecule has 62 heavy (non-hydrogen) atoms. The molecular weight excluding hydrogens is 751 g/mol. The van der Waals surface area contributed by atoms with Crippen LogP contribution in [0.25, 0.3) is 61.4 Å². The van der Waals surface area contributed by atoms with Crippen molar-refractivity contribution in [2.24, 2.45) is 0 Å². The van der Waals surface area contributed by atoms with E-state index in [1.54, 1.807) is 0 Å². The number of para-hydroxylation sites is 3. The molecule has 1 atom stereocenters. The number of allylic oxidation sites excluding steroid dienone is 3. The molecule has 8 aromatic carbocycles. The molecule has 0 bridgehead atoms. The van der Waals surface area contributed by atoms with Gasteiger partial charge in [-0.1, -0.05) is 158 Å². The number of aromatic nitrogens is 1. The van der Waals surface area contributed by atoms with Crippen LogP contribution in [-0.4, -0.2) is 10.1 Å². The van der Waals surface area contributed by atoms with Crippen molar-refractivity contribution < 1.29 is 0 Å². The number of rotatable bonds is 7. The Labute approximate surface area is 363 Å². The van der Waals surface area contributed by atoms with Crippen LogP contribution >= 0.6 is 0 Å². The highest BCUT2D eigenvalue weighted by atomic mass is 15.2. The molecule has 2 heterocycles. The predicted molar refractivity (Wildman–Crippen MR) is 262 cm³/mol. The van der Waals surface area contributed by atoms with Gasteiger partial charge in [0, 0.05) is 39.0 Å². The summed E-state index contributed by atoms with van der Waals surface area (Å²) in [7, 11) is 0. The molecule has 1 unspecified atom stereocenters.